The molecule has 1 amide bonds. The quantitative estimate of drug-likeness (QED) is 0.719. The van der Waals surface area contributed by atoms with Crippen LogP contribution in [0.2, 0.25) is 0 Å². The van der Waals surface area contributed by atoms with Crippen molar-refractivity contribution in [2.24, 2.45) is 0 Å². The Morgan fingerprint density at radius 3 is 2.50 bits per heavy atom. The predicted octanol–water partition coefficient (Wildman–Crippen LogP) is 2.25. The number of benzene rings is 1. The average Bonchev–Trinajstić information content (AvgIpc) is 2.40. The first kappa shape index (κ1) is 16.6. The number of nitrogens with zero attached hydrogens (tertiary/aromatic N) is 1. The third-order valence-corrected chi connectivity index (χ3v) is 3.06. The van der Waals surface area contributed by atoms with Crippen LogP contribution in [0.3, 0.4) is 0 Å². The van der Waals surface area contributed by atoms with Gasteiger partial charge in [-0.3, -0.25) is 9.69 Å². The van der Waals surface area contributed by atoms with Crippen LogP contribution in [0.15, 0.2) is 24.3 Å². The highest BCUT2D eigenvalue weighted by Crippen LogP contribution is 2.09. The predicted molar refractivity (Wildman–Crippen MR) is 78.1 cm³/mol. The Hall–Kier alpha value is -1.46. The van der Waals surface area contributed by atoms with Crippen LogP contribution >= 0.6 is 0 Å². The summed E-state index contributed by atoms with van der Waals surface area (Å²) in [6, 6.07) is 5.97. The minimum atomic E-state index is -0.323. The zero-order valence-corrected chi connectivity index (χ0v) is 12.1. The molecule has 0 saturated carbocycles. The summed E-state index contributed by atoms with van der Waals surface area (Å²) in [7, 11) is 0. The summed E-state index contributed by atoms with van der Waals surface area (Å²) < 4.78 is 12.8. The highest BCUT2D eigenvalue weighted by molar-refractivity contribution is 5.92. The molecule has 0 aromatic heterocycles. The lowest BCUT2D eigenvalue weighted by atomic mass is 10.2. The first-order valence-corrected chi connectivity index (χ1v) is 6.93. The van der Waals surface area contributed by atoms with Crippen LogP contribution in [0.4, 0.5) is 10.1 Å². The zero-order valence-electron chi connectivity index (χ0n) is 12.1. The second-order valence-electron chi connectivity index (χ2n) is 5.05. The summed E-state index contributed by atoms with van der Waals surface area (Å²) in [5.74, 6) is -0.440. The second-order valence-corrected chi connectivity index (χ2v) is 5.05. The molecule has 1 aromatic rings. The van der Waals surface area contributed by atoms with Crippen LogP contribution in [0.25, 0.3) is 0 Å². The van der Waals surface area contributed by atoms with Crippen molar-refractivity contribution in [2.75, 3.05) is 25.0 Å². The van der Waals surface area contributed by atoms with E-state index in [-0.39, 0.29) is 24.4 Å². The van der Waals surface area contributed by atoms with Crippen molar-refractivity contribution in [1.82, 2.24) is 4.90 Å². The molecule has 0 aliphatic rings. The number of hydrogen-bond acceptors (Lipinski definition) is 3. The van der Waals surface area contributed by atoms with Gasteiger partial charge in [-0.05, 0) is 57.5 Å². The van der Waals surface area contributed by atoms with Gasteiger partial charge in [-0.1, -0.05) is 0 Å². The fourth-order valence-corrected chi connectivity index (χ4v) is 1.86. The molecule has 0 aliphatic carbocycles. The SMILES string of the molecule is CC(C)N(CCCCO)CC(=O)Nc1ccc(F)cc1. The van der Waals surface area contributed by atoms with Gasteiger partial charge in [0.2, 0.25) is 5.91 Å². The van der Waals surface area contributed by atoms with Gasteiger partial charge >= 0.3 is 0 Å². The topological polar surface area (TPSA) is 52.6 Å². The Morgan fingerprint density at radius 2 is 1.95 bits per heavy atom. The summed E-state index contributed by atoms with van der Waals surface area (Å²) in [6.45, 7) is 5.30. The molecular formula is C15H23FN2O2. The van der Waals surface area contributed by atoms with Crippen molar-refractivity contribution in [3.63, 3.8) is 0 Å². The number of aliphatic hydroxyl groups excluding tert-OH is 1. The average molecular weight is 282 g/mol. The molecule has 4 nitrogen and oxygen atoms in total. The number of halogens is 1. The lowest BCUT2D eigenvalue weighted by molar-refractivity contribution is -0.117. The van der Waals surface area contributed by atoms with Gasteiger partial charge in [-0.2, -0.15) is 0 Å². The van der Waals surface area contributed by atoms with E-state index in [1.165, 1.54) is 12.1 Å². The fraction of sp³-hybridized carbons (Fsp3) is 0.533. The molecule has 0 spiro atoms. The van der Waals surface area contributed by atoms with Crippen LogP contribution in [-0.4, -0.2) is 41.7 Å². The van der Waals surface area contributed by atoms with Gasteiger partial charge in [-0.25, -0.2) is 4.39 Å². The van der Waals surface area contributed by atoms with Crippen molar-refractivity contribution in [3.8, 4) is 0 Å². The molecular weight excluding hydrogens is 259 g/mol. The Balaban J connectivity index is 2.46. The van der Waals surface area contributed by atoms with E-state index in [1.807, 2.05) is 13.8 Å². The molecule has 0 unspecified atom stereocenters. The van der Waals surface area contributed by atoms with Gasteiger partial charge < -0.3 is 10.4 Å². The molecule has 0 fully saturated rings. The Labute approximate surface area is 119 Å². The van der Waals surface area contributed by atoms with Crippen LogP contribution in [-0.2, 0) is 4.79 Å². The molecule has 0 heterocycles. The Bertz CT molecular complexity index is 407. The number of amides is 1. The van der Waals surface area contributed by atoms with E-state index in [0.29, 0.717) is 12.2 Å². The van der Waals surface area contributed by atoms with E-state index in [2.05, 4.69) is 10.2 Å². The van der Waals surface area contributed by atoms with E-state index in [4.69, 9.17) is 5.11 Å². The smallest absolute Gasteiger partial charge is 0.238 e. The number of aliphatic hydroxyl groups is 1. The number of anilines is 1. The fourth-order valence-electron chi connectivity index (χ4n) is 1.86. The Morgan fingerprint density at radius 1 is 1.30 bits per heavy atom. The third-order valence-electron chi connectivity index (χ3n) is 3.06. The highest BCUT2D eigenvalue weighted by atomic mass is 19.1. The summed E-state index contributed by atoms with van der Waals surface area (Å²) in [5.41, 5.74) is 0.593. The minimum absolute atomic E-state index is 0.116. The maximum Gasteiger partial charge on any atom is 0.238 e. The molecule has 0 aliphatic heterocycles. The summed E-state index contributed by atoms with van der Waals surface area (Å²) in [4.78, 5) is 14.0. The number of carbonyl (C=O) groups excluding carboxylic acids is 1. The number of unbranched alkanes of at least 4 members (excludes halogenated alkanes) is 1. The first-order chi connectivity index (χ1) is 9.52. The monoisotopic (exact) mass is 282 g/mol. The van der Waals surface area contributed by atoms with Crippen LogP contribution < -0.4 is 5.32 Å². The number of carbonyl (C=O) groups is 1. The normalized spacial score (nSPS) is 11.1. The molecule has 2 N–H and O–H groups in total. The molecule has 0 atom stereocenters. The van der Waals surface area contributed by atoms with Crippen LogP contribution in [0, 0.1) is 5.82 Å². The van der Waals surface area contributed by atoms with E-state index in [9.17, 15) is 9.18 Å². The highest BCUT2D eigenvalue weighted by Gasteiger charge is 2.13. The van der Waals surface area contributed by atoms with E-state index >= 15 is 0 Å². The van der Waals surface area contributed by atoms with Crippen molar-refractivity contribution in [3.05, 3.63) is 30.1 Å². The second kappa shape index (κ2) is 8.66. The zero-order chi connectivity index (χ0) is 15.0. The minimum Gasteiger partial charge on any atom is -0.396 e. The maximum absolute atomic E-state index is 12.8. The first-order valence-electron chi connectivity index (χ1n) is 6.93. The van der Waals surface area contributed by atoms with Crippen molar-refractivity contribution in [2.45, 2.75) is 32.7 Å². The largest absolute Gasteiger partial charge is 0.396 e. The van der Waals surface area contributed by atoms with Gasteiger partial charge in [0.25, 0.3) is 0 Å². The maximum atomic E-state index is 12.8. The Kier molecular flexibility index (Phi) is 7.18. The summed E-state index contributed by atoms with van der Waals surface area (Å²) >= 11 is 0. The van der Waals surface area contributed by atoms with Crippen molar-refractivity contribution in [1.29, 1.82) is 0 Å². The van der Waals surface area contributed by atoms with E-state index in [0.717, 1.165) is 19.4 Å². The molecule has 0 saturated heterocycles. The van der Waals surface area contributed by atoms with Gasteiger partial charge in [0.15, 0.2) is 0 Å². The lowest BCUT2D eigenvalue weighted by Crippen LogP contribution is -2.38. The van der Waals surface area contributed by atoms with Gasteiger partial charge in [0.1, 0.15) is 5.82 Å². The summed E-state index contributed by atoms with van der Waals surface area (Å²) in [6.07, 6.45) is 1.60. The molecule has 0 radical (unpaired) electrons. The lowest BCUT2D eigenvalue weighted by Gasteiger charge is -2.25. The van der Waals surface area contributed by atoms with E-state index < -0.39 is 0 Å². The van der Waals surface area contributed by atoms with Crippen molar-refractivity contribution < 1.29 is 14.3 Å². The molecule has 112 valence electrons. The van der Waals surface area contributed by atoms with E-state index in [1.54, 1.807) is 12.1 Å². The molecule has 5 heteroatoms. The molecule has 1 rings (SSSR count). The number of hydrogen-bond donors (Lipinski definition) is 2. The van der Waals surface area contributed by atoms with Crippen LogP contribution in [0.5, 0.6) is 0 Å². The number of rotatable bonds is 8. The molecule has 0 bridgehead atoms. The molecule has 20 heavy (non-hydrogen) atoms. The summed E-state index contributed by atoms with van der Waals surface area (Å²) in [5, 5.41) is 11.5. The molecule has 1 aromatic carbocycles. The van der Waals surface area contributed by atoms with Crippen molar-refractivity contribution >= 4 is 11.6 Å². The van der Waals surface area contributed by atoms with Gasteiger partial charge in [0, 0.05) is 18.3 Å². The standard InChI is InChI=1S/C15H23FN2O2/c1-12(2)18(9-3-4-10-19)11-15(20)17-14-7-5-13(16)6-8-14/h5-8,12,19H,3-4,9-11H2,1-2H3,(H,17,20). The van der Waals surface area contributed by atoms with Gasteiger partial charge in [0.05, 0.1) is 6.54 Å². The van der Waals surface area contributed by atoms with Crippen LogP contribution in [0.1, 0.15) is 26.7 Å². The van der Waals surface area contributed by atoms with Gasteiger partial charge in [-0.15, -0.1) is 0 Å². The number of nitrogens with one attached hydrogen (secondary N) is 1. The third kappa shape index (κ3) is 6.12.